The molecule has 0 bridgehead atoms. The number of hydrogen-bond acceptors (Lipinski definition) is 4. The molecule has 1 aromatic heterocycles. The lowest BCUT2D eigenvalue weighted by atomic mass is 9.57. The fraction of sp³-hybridized carbons (Fsp3) is 0.750. The van der Waals surface area contributed by atoms with Crippen LogP contribution in [0.3, 0.4) is 0 Å². The van der Waals surface area contributed by atoms with Gasteiger partial charge in [0.2, 0.25) is 0 Å². The van der Waals surface area contributed by atoms with Gasteiger partial charge in [-0.3, -0.25) is 4.99 Å². The van der Waals surface area contributed by atoms with E-state index in [1.165, 1.54) is 0 Å². The van der Waals surface area contributed by atoms with Crippen LogP contribution in [0.2, 0.25) is 0 Å². The van der Waals surface area contributed by atoms with Crippen LogP contribution in [-0.2, 0) is 11.2 Å². The molecule has 2 aliphatic rings. The first-order valence-corrected chi connectivity index (χ1v) is 8.90. The molecule has 3 unspecified atom stereocenters. The summed E-state index contributed by atoms with van der Waals surface area (Å²) >= 11 is 1.70. The Balaban J connectivity index is 0.00000192. The molecular formula is C16H27IN4OS. The van der Waals surface area contributed by atoms with Crippen LogP contribution in [0.25, 0.3) is 0 Å². The second kappa shape index (κ2) is 7.65. The van der Waals surface area contributed by atoms with E-state index in [-0.39, 0.29) is 29.4 Å². The van der Waals surface area contributed by atoms with Crippen molar-refractivity contribution in [1.29, 1.82) is 0 Å². The summed E-state index contributed by atoms with van der Waals surface area (Å²) in [5.74, 6) is 1.50. The van der Waals surface area contributed by atoms with Crippen molar-refractivity contribution in [3.63, 3.8) is 0 Å². The molecule has 1 saturated carbocycles. The molecule has 7 heteroatoms. The van der Waals surface area contributed by atoms with Crippen molar-refractivity contribution in [2.24, 2.45) is 16.3 Å². The third kappa shape index (κ3) is 3.82. The molecule has 1 aliphatic heterocycles. The van der Waals surface area contributed by atoms with E-state index in [0.717, 1.165) is 42.7 Å². The summed E-state index contributed by atoms with van der Waals surface area (Å²) in [6, 6.07) is 0.438. The van der Waals surface area contributed by atoms with E-state index in [1.54, 1.807) is 11.3 Å². The van der Waals surface area contributed by atoms with Crippen molar-refractivity contribution in [3.8, 4) is 0 Å². The van der Waals surface area contributed by atoms with Crippen LogP contribution in [0.15, 0.2) is 10.4 Å². The maximum absolute atomic E-state index is 5.85. The van der Waals surface area contributed by atoms with Crippen molar-refractivity contribution >= 4 is 41.3 Å². The molecule has 0 spiro atoms. The summed E-state index contributed by atoms with van der Waals surface area (Å²) in [6.45, 7) is 8.35. The lowest BCUT2D eigenvalue weighted by Crippen LogP contribution is -2.68. The number of ether oxygens (including phenoxy) is 1. The maximum Gasteiger partial charge on any atom is 0.191 e. The van der Waals surface area contributed by atoms with Crippen molar-refractivity contribution in [2.75, 3.05) is 20.2 Å². The van der Waals surface area contributed by atoms with Crippen LogP contribution in [-0.4, -0.2) is 43.3 Å². The number of aliphatic imine (C=N–C) groups is 1. The normalized spacial score (nSPS) is 28.5. The summed E-state index contributed by atoms with van der Waals surface area (Å²) in [5, 5.41) is 10.3. The predicted octanol–water partition coefficient (Wildman–Crippen LogP) is 2.59. The van der Waals surface area contributed by atoms with Gasteiger partial charge in [-0.2, -0.15) is 0 Å². The highest BCUT2D eigenvalue weighted by Gasteiger charge is 2.59. The molecule has 1 aliphatic carbocycles. The molecule has 5 nitrogen and oxygen atoms in total. The topological polar surface area (TPSA) is 58.5 Å². The van der Waals surface area contributed by atoms with E-state index >= 15 is 0 Å². The molecule has 1 saturated heterocycles. The van der Waals surface area contributed by atoms with Gasteiger partial charge in [0.05, 0.1) is 16.8 Å². The van der Waals surface area contributed by atoms with Crippen molar-refractivity contribution in [2.45, 2.75) is 45.8 Å². The van der Waals surface area contributed by atoms with E-state index in [0.29, 0.717) is 18.1 Å². The average molecular weight is 450 g/mol. The van der Waals surface area contributed by atoms with E-state index in [4.69, 9.17) is 4.74 Å². The van der Waals surface area contributed by atoms with Crippen LogP contribution in [0, 0.1) is 18.3 Å². The fourth-order valence-electron chi connectivity index (χ4n) is 3.79. The van der Waals surface area contributed by atoms with Gasteiger partial charge in [-0.05, 0) is 13.3 Å². The van der Waals surface area contributed by atoms with E-state index < -0.39 is 0 Å². The Morgan fingerprint density at radius 3 is 2.96 bits per heavy atom. The lowest BCUT2D eigenvalue weighted by molar-refractivity contribution is -0.106. The van der Waals surface area contributed by atoms with Crippen molar-refractivity contribution in [1.82, 2.24) is 15.6 Å². The summed E-state index contributed by atoms with van der Waals surface area (Å²) in [6.07, 6.45) is 2.48. The van der Waals surface area contributed by atoms with Crippen molar-refractivity contribution in [3.05, 3.63) is 16.1 Å². The third-order valence-electron chi connectivity index (χ3n) is 4.96. The number of aromatic nitrogens is 1. The SMILES string of the molecule is CN=C(NCCc1csc(C)n1)NC1C2CCOC2C1(C)C.I. The Labute approximate surface area is 159 Å². The minimum atomic E-state index is 0. The minimum Gasteiger partial charge on any atom is -0.377 e. The number of fused-ring (bicyclic) bond motifs is 1. The predicted molar refractivity (Wildman–Crippen MR) is 106 cm³/mol. The number of thiazole rings is 1. The fourth-order valence-corrected chi connectivity index (χ4v) is 4.44. The van der Waals surface area contributed by atoms with Gasteiger partial charge in [-0.1, -0.05) is 13.8 Å². The second-order valence-electron chi connectivity index (χ2n) is 6.79. The summed E-state index contributed by atoms with van der Waals surface area (Å²) in [7, 11) is 1.83. The monoisotopic (exact) mass is 450 g/mol. The zero-order chi connectivity index (χ0) is 15.7. The van der Waals surface area contributed by atoms with Gasteiger partial charge in [0.15, 0.2) is 5.96 Å². The van der Waals surface area contributed by atoms with Gasteiger partial charge in [-0.25, -0.2) is 4.98 Å². The zero-order valence-electron chi connectivity index (χ0n) is 14.3. The van der Waals surface area contributed by atoms with Crippen LogP contribution >= 0.6 is 35.3 Å². The Hall–Kier alpha value is -0.410. The molecule has 2 fully saturated rings. The molecule has 0 aromatic carbocycles. The first kappa shape index (κ1) is 18.9. The molecular weight excluding hydrogens is 423 g/mol. The van der Waals surface area contributed by atoms with Gasteiger partial charge in [0, 0.05) is 49.4 Å². The quantitative estimate of drug-likeness (QED) is 0.421. The highest BCUT2D eigenvalue weighted by Crippen LogP contribution is 2.52. The molecule has 3 atom stereocenters. The number of aryl methyl sites for hydroxylation is 1. The van der Waals surface area contributed by atoms with E-state index in [9.17, 15) is 0 Å². The van der Waals surface area contributed by atoms with Crippen LogP contribution in [0.4, 0.5) is 0 Å². The Bertz CT molecular complexity index is 560. The number of guanidine groups is 1. The molecule has 2 N–H and O–H groups in total. The van der Waals surface area contributed by atoms with E-state index in [1.807, 2.05) is 14.0 Å². The van der Waals surface area contributed by atoms with Gasteiger partial charge >= 0.3 is 0 Å². The molecule has 2 heterocycles. The average Bonchev–Trinajstić information content (AvgIpc) is 3.10. The molecule has 23 heavy (non-hydrogen) atoms. The number of rotatable bonds is 4. The smallest absolute Gasteiger partial charge is 0.191 e. The molecule has 0 amide bonds. The summed E-state index contributed by atoms with van der Waals surface area (Å²) in [5.41, 5.74) is 1.32. The van der Waals surface area contributed by atoms with Gasteiger partial charge in [0.25, 0.3) is 0 Å². The second-order valence-corrected chi connectivity index (χ2v) is 7.86. The Morgan fingerprint density at radius 1 is 1.52 bits per heavy atom. The van der Waals surface area contributed by atoms with E-state index in [2.05, 4.69) is 39.8 Å². The van der Waals surface area contributed by atoms with Gasteiger partial charge < -0.3 is 15.4 Å². The maximum atomic E-state index is 5.85. The largest absolute Gasteiger partial charge is 0.377 e. The standard InChI is InChI=1S/C16H26N4OS.HI/c1-10-19-11(9-22-10)5-7-18-15(17-4)20-13-12-6-8-21-14(12)16(13,2)3;/h9,12-14H,5-8H2,1-4H3,(H2,17,18,20);1H. The highest BCUT2D eigenvalue weighted by molar-refractivity contribution is 14.0. The first-order chi connectivity index (χ1) is 10.5. The van der Waals surface area contributed by atoms with Gasteiger partial charge in [0.1, 0.15) is 0 Å². The lowest BCUT2D eigenvalue weighted by Gasteiger charge is -2.54. The number of nitrogens with zero attached hydrogens (tertiary/aromatic N) is 2. The minimum absolute atomic E-state index is 0. The first-order valence-electron chi connectivity index (χ1n) is 8.02. The molecule has 0 radical (unpaired) electrons. The summed E-state index contributed by atoms with van der Waals surface area (Å²) < 4.78 is 5.85. The Kier molecular flexibility index (Phi) is 6.29. The highest BCUT2D eigenvalue weighted by atomic mass is 127. The van der Waals surface area contributed by atoms with Crippen LogP contribution in [0.5, 0.6) is 0 Å². The van der Waals surface area contributed by atoms with Crippen LogP contribution in [0.1, 0.15) is 31.0 Å². The zero-order valence-corrected chi connectivity index (χ0v) is 17.4. The molecule has 130 valence electrons. The number of hydrogen-bond donors (Lipinski definition) is 2. The number of nitrogens with one attached hydrogen (secondary N) is 2. The van der Waals surface area contributed by atoms with Crippen LogP contribution < -0.4 is 10.6 Å². The molecule has 1 aromatic rings. The number of halogens is 1. The Morgan fingerprint density at radius 2 is 2.30 bits per heavy atom. The van der Waals surface area contributed by atoms with Gasteiger partial charge in [-0.15, -0.1) is 35.3 Å². The summed E-state index contributed by atoms with van der Waals surface area (Å²) in [4.78, 5) is 8.85. The molecule has 3 rings (SSSR count). The third-order valence-corrected chi connectivity index (χ3v) is 5.78. The van der Waals surface area contributed by atoms with Crippen molar-refractivity contribution < 1.29 is 4.74 Å².